The van der Waals surface area contributed by atoms with Gasteiger partial charge in [-0.25, -0.2) is 0 Å². The number of ether oxygens (including phenoxy) is 1. The molecular formula is C15H14NNaO4. The summed E-state index contributed by atoms with van der Waals surface area (Å²) in [4.78, 5) is 0. The molecular weight excluding hydrogens is 281 g/mol. The molecule has 0 saturated carbocycles. The number of fused-ring (bicyclic) bond motifs is 1. The molecule has 3 rings (SSSR count). The van der Waals surface area contributed by atoms with Gasteiger partial charge < -0.3 is 20.5 Å². The van der Waals surface area contributed by atoms with E-state index >= 15 is 0 Å². The predicted octanol–water partition coefficient (Wildman–Crippen LogP) is -0.0785. The van der Waals surface area contributed by atoms with Crippen molar-refractivity contribution in [2.24, 2.45) is 5.16 Å². The third-order valence-corrected chi connectivity index (χ3v) is 3.21. The van der Waals surface area contributed by atoms with Crippen LogP contribution in [-0.4, -0.2) is 21.5 Å². The second-order valence-corrected chi connectivity index (χ2v) is 4.45. The van der Waals surface area contributed by atoms with Crippen LogP contribution in [-0.2, 0) is 0 Å². The van der Waals surface area contributed by atoms with Crippen LogP contribution in [0.1, 0.15) is 23.7 Å². The molecule has 2 aromatic carbocycles. The van der Waals surface area contributed by atoms with Gasteiger partial charge in [0.1, 0.15) is 17.6 Å². The summed E-state index contributed by atoms with van der Waals surface area (Å²) in [6, 6.07) is 14.6. The van der Waals surface area contributed by atoms with Gasteiger partial charge in [0, 0.05) is 12.0 Å². The topological polar surface area (TPSA) is 92.1 Å². The van der Waals surface area contributed by atoms with Gasteiger partial charge in [0.25, 0.3) is 0 Å². The van der Waals surface area contributed by atoms with Gasteiger partial charge >= 0.3 is 29.6 Å². The number of nitrogens with zero attached hydrogens (tertiary/aromatic N) is 1. The molecule has 0 saturated heterocycles. The molecule has 0 amide bonds. The molecule has 5 nitrogen and oxygen atoms in total. The number of phenols is 1. The minimum Gasteiger partial charge on any atom is -0.870 e. The minimum atomic E-state index is -0.177. The van der Waals surface area contributed by atoms with Crippen LogP contribution in [0.4, 0.5) is 0 Å². The largest absolute Gasteiger partial charge is 1.00 e. The van der Waals surface area contributed by atoms with Crippen molar-refractivity contribution in [3.8, 4) is 11.5 Å². The Morgan fingerprint density at radius 2 is 1.81 bits per heavy atom. The first kappa shape index (κ1) is 17.5. The maximum Gasteiger partial charge on any atom is 1.00 e. The summed E-state index contributed by atoms with van der Waals surface area (Å²) in [5.74, 6) is 0.743. The van der Waals surface area contributed by atoms with Crippen molar-refractivity contribution in [1.29, 1.82) is 0 Å². The number of hydrogen-bond donors (Lipinski definition) is 2. The summed E-state index contributed by atoms with van der Waals surface area (Å²) in [6.07, 6.45) is 0.292. The van der Waals surface area contributed by atoms with E-state index in [1.54, 1.807) is 18.2 Å². The van der Waals surface area contributed by atoms with Crippen molar-refractivity contribution in [3.63, 3.8) is 0 Å². The van der Waals surface area contributed by atoms with Crippen molar-refractivity contribution in [1.82, 2.24) is 0 Å². The number of aromatic hydroxyl groups is 1. The van der Waals surface area contributed by atoms with Crippen molar-refractivity contribution in [2.45, 2.75) is 12.5 Å². The maximum atomic E-state index is 9.49. The number of rotatable bonds is 1. The molecule has 0 bridgehead atoms. The second-order valence-electron chi connectivity index (χ2n) is 4.45. The van der Waals surface area contributed by atoms with Crippen LogP contribution < -0.4 is 34.3 Å². The van der Waals surface area contributed by atoms with Crippen molar-refractivity contribution in [2.75, 3.05) is 0 Å². The molecule has 2 aromatic rings. The molecule has 1 aliphatic rings. The Kier molecular flexibility index (Phi) is 6.23. The van der Waals surface area contributed by atoms with E-state index < -0.39 is 0 Å². The molecule has 0 aromatic heterocycles. The van der Waals surface area contributed by atoms with Gasteiger partial charge in [-0.3, -0.25) is 0 Å². The molecule has 0 aliphatic carbocycles. The number of phenolic OH excluding ortho intramolecular Hbond substituents is 1. The number of hydrogen-bond acceptors (Lipinski definition) is 5. The van der Waals surface area contributed by atoms with Gasteiger partial charge in [-0.1, -0.05) is 35.5 Å². The van der Waals surface area contributed by atoms with Crippen molar-refractivity contribution < 1.29 is 50.1 Å². The van der Waals surface area contributed by atoms with E-state index in [1.807, 2.05) is 30.3 Å². The van der Waals surface area contributed by atoms with E-state index in [0.29, 0.717) is 23.4 Å². The zero-order valence-electron chi connectivity index (χ0n) is 11.6. The van der Waals surface area contributed by atoms with E-state index in [-0.39, 0.29) is 46.9 Å². The van der Waals surface area contributed by atoms with Gasteiger partial charge in [-0.05, 0) is 23.8 Å². The van der Waals surface area contributed by atoms with Crippen LogP contribution in [0.5, 0.6) is 11.5 Å². The van der Waals surface area contributed by atoms with E-state index in [0.717, 1.165) is 5.56 Å². The summed E-state index contributed by atoms with van der Waals surface area (Å²) in [7, 11) is 0. The van der Waals surface area contributed by atoms with E-state index in [4.69, 9.17) is 9.94 Å². The quantitative estimate of drug-likeness (QED) is 0.437. The summed E-state index contributed by atoms with van der Waals surface area (Å²) in [6.45, 7) is 0. The summed E-state index contributed by atoms with van der Waals surface area (Å²) in [5.41, 5.74) is 2.18. The van der Waals surface area contributed by atoms with E-state index in [2.05, 4.69) is 5.16 Å². The third kappa shape index (κ3) is 3.57. The zero-order valence-corrected chi connectivity index (χ0v) is 13.6. The Morgan fingerprint density at radius 3 is 2.48 bits per heavy atom. The molecule has 1 unspecified atom stereocenters. The Bertz CT molecular complexity index is 631. The molecule has 1 heterocycles. The molecule has 6 heteroatoms. The van der Waals surface area contributed by atoms with Crippen LogP contribution in [0.15, 0.2) is 53.7 Å². The Balaban J connectivity index is 0.00000110. The fraction of sp³-hybridized carbons (Fsp3) is 0.133. The van der Waals surface area contributed by atoms with E-state index in [1.165, 1.54) is 0 Å². The number of benzene rings is 2. The SMILES string of the molecule is ON=C1CC(c2ccccc2)Oc2ccc(O)cc21.[Na+].[OH-]. The first-order valence-electron chi connectivity index (χ1n) is 6.04. The smallest absolute Gasteiger partial charge is 0.870 e. The van der Waals surface area contributed by atoms with Gasteiger partial charge in [0.15, 0.2) is 0 Å². The average molecular weight is 295 g/mol. The summed E-state index contributed by atoms with van der Waals surface area (Å²) >= 11 is 0. The molecule has 104 valence electrons. The molecule has 1 atom stereocenters. The average Bonchev–Trinajstić information content (AvgIpc) is 2.47. The predicted molar refractivity (Wildman–Crippen MR) is 72.8 cm³/mol. The first-order chi connectivity index (χ1) is 9.28. The first-order valence-corrected chi connectivity index (χ1v) is 6.04. The fourth-order valence-corrected chi connectivity index (χ4v) is 2.28. The minimum absolute atomic E-state index is 0. The van der Waals surface area contributed by atoms with Crippen LogP contribution in [0.25, 0.3) is 0 Å². The molecule has 0 spiro atoms. The summed E-state index contributed by atoms with van der Waals surface area (Å²) < 4.78 is 5.90. The van der Waals surface area contributed by atoms with Crippen molar-refractivity contribution >= 4 is 5.71 Å². The Hall–Kier alpha value is -1.53. The molecule has 0 fully saturated rings. The maximum absolute atomic E-state index is 9.49. The zero-order chi connectivity index (χ0) is 13.2. The molecule has 1 aliphatic heterocycles. The molecule has 3 N–H and O–H groups in total. The Morgan fingerprint density at radius 1 is 1.10 bits per heavy atom. The molecule has 21 heavy (non-hydrogen) atoms. The Labute approximate surface area is 144 Å². The second kappa shape index (κ2) is 7.47. The van der Waals surface area contributed by atoms with Gasteiger partial charge in [-0.2, -0.15) is 0 Å². The van der Waals surface area contributed by atoms with Crippen LogP contribution in [0, 0.1) is 0 Å². The van der Waals surface area contributed by atoms with Crippen LogP contribution in [0.3, 0.4) is 0 Å². The van der Waals surface area contributed by atoms with Gasteiger partial charge in [-0.15, -0.1) is 0 Å². The van der Waals surface area contributed by atoms with Crippen LogP contribution >= 0.6 is 0 Å². The van der Waals surface area contributed by atoms with Gasteiger partial charge in [0.05, 0.1) is 5.71 Å². The fourth-order valence-electron chi connectivity index (χ4n) is 2.28. The molecule has 0 radical (unpaired) electrons. The van der Waals surface area contributed by atoms with Crippen LogP contribution in [0.2, 0.25) is 0 Å². The monoisotopic (exact) mass is 295 g/mol. The van der Waals surface area contributed by atoms with E-state index in [9.17, 15) is 5.11 Å². The summed E-state index contributed by atoms with van der Waals surface area (Å²) in [5, 5.41) is 22.0. The normalized spacial score (nSPS) is 17.9. The standard InChI is InChI=1S/C15H13NO3.Na.H2O/c17-11-6-7-14-12(8-11)13(16-18)9-15(19-14)10-4-2-1-3-5-10;;/h1-8,15,17-18H,9H2;;1H2/q;+1;/p-1. The third-order valence-electron chi connectivity index (χ3n) is 3.21. The van der Waals surface area contributed by atoms with Crippen molar-refractivity contribution in [3.05, 3.63) is 59.7 Å². The number of oxime groups is 1. The van der Waals surface area contributed by atoms with Gasteiger partial charge in [0.2, 0.25) is 0 Å².